The first kappa shape index (κ1) is 15.1. The monoisotopic (exact) mass is 295 g/mol. The maximum absolute atomic E-state index is 5.99. The molecule has 2 unspecified atom stereocenters. The Morgan fingerprint density at radius 2 is 1.68 bits per heavy atom. The summed E-state index contributed by atoms with van der Waals surface area (Å²) in [7, 11) is 2.06. The van der Waals surface area contributed by atoms with Crippen molar-refractivity contribution in [3.05, 3.63) is 65.7 Å². The molecule has 0 radical (unpaired) electrons. The van der Waals surface area contributed by atoms with Gasteiger partial charge in [-0.3, -0.25) is 0 Å². The summed E-state index contributed by atoms with van der Waals surface area (Å²) in [4.78, 5) is 0. The van der Waals surface area contributed by atoms with Gasteiger partial charge in [0.05, 0.1) is 6.61 Å². The summed E-state index contributed by atoms with van der Waals surface area (Å²) in [5, 5.41) is 3.41. The molecule has 3 rings (SSSR count). The summed E-state index contributed by atoms with van der Waals surface area (Å²) >= 11 is 0. The van der Waals surface area contributed by atoms with E-state index in [4.69, 9.17) is 4.74 Å². The lowest BCUT2D eigenvalue weighted by molar-refractivity contribution is 0.229. The third kappa shape index (κ3) is 3.89. The lowest BCUT2D eigenvalue weighted by atomic mass is 10.0. The summed E-state index contributed by atoms with van der Waals surface area (Å²) in [5.41, 5.74) is 2.67. The first-order valence-electron chi connectivity index (χ1n) is 8.28. The lowest BCUT2D eigenvalue weighted by Gasteiger charge is -2.19. The van der Waals surface area contributed by atoms with Crippen LogP contribution in [0.15, 0.2) is 54.6 Å². The number of hydrogen-bond donors (Lipinski definition) is 1. The van der Waals surface area contributed by atoms with Crippen molar-refractivity contribution in [1.82, 2.24) is 5.32 Å². The van der Waals surface area contributed by atoms with Gasteiger partial charge in [0, 0.05) is 12.0 Å². The minimum absolute atomic E-state index is 0.623. The molecule has 0 aliphatic heterocycles. The van der Waals surface area contributed by atoms with Crippen molar-refractivity contribution in [3.8, 4) is 5.75 Å². The van der Waals surface area contributed by atoms with Crippen molar-refractivity contribution in [2.75, 3.05) is 13.7 Å². The number of benzene rings is 2. The molecule has 1 saturated carbocycles. The second-order valence-electron chi connectivity index (χ2n) is 6.20. The van der Waals surface area contributed by atoms with Crippen molar-refractivity contribution < 1.29 is 4.74 Å². The average molecular weight is 295 g/mol. The normalized spacial score (nSPS) is 21.0. The Morgan fingerprint density at radius 3 is 2.41 bits per heavy atom. The van der Waals surface area contributed by atoms with Crippen LogP contribution in [0.1, 0.15) is 30.4 Å². The van der Waals surface area contributed by atoms with Crippen LogP contribution in [0.3, 0.4) is 0 Å². The molecule has 1 N–H and O–H groups in total. The standard InChI is InChI=1S/C20H25NO/c1-21-20-9-5-8-18(20)15-22-19-12-10-17(11-13-19)14-16-6-3-2-4-7-16/h2-4,6-7,10-13,18,20-21H,5,8-9,14-15H2,1H3. The van der Waals surface area contributed by atoms with Gasteiger partial charge >= 0.3 is 0 Å². The SMILES string of the molecule is CNC1CCCC1COc1ccc(Cc2ccccc2)cc1. The van der Waals surface area contributed by atoms with E-state index >= 15 is 0 Å². The maximum atomic E-state index is 5.99. The topological polar surface area (TPSA) is 21.3 Å². The fourth-order valence-electron chi connectivity index (χ4n) is 3.35. The zero-order valence-corrected chi connectivity index (χ0v) is 13.3. The fraction of sp³-hybridized carbons (Fsp3) is 0.400. The van der Waals surface area contributed by atoms with E-state index in [0.29, 0.717) is 12.0 Å². The molecule has 2 heteroatoms. The summed E-state index contributed by atoms with van der Waals surface area (Å²) < 4.78 is 5.99. The third-order valence-corrected chi connectivity index (χ3v) is 4.67. The lowest BCUT2D eigenvalue weighted by Crippen LogP contribution is -2.32. The van der Waals surface area contributed by atoms with Gasteiger partial charge in [0.1, 0.15) is 5.75 Å². The molecule has 1 aliphatic carbocycles. The molecule has 2 atom stereocenters. The van der Waals surface area contributed by atoms with E-state index in [1.807, 2.05) is 0 Å². The van der Waals surface area contributed by atoms with Crippen LogP contribution in [-0.2, 0) is 6.42 Å². The van der Waals surface area contributed by atoms with E-state index in [2.05, 4.69) is 67.0 Å². The van der Waals surface area contributed by atoms with Gasteiger partial charge in [0.2, 0.25) is 0 Å². The largest absolute Gasteiger partial charge is 0.493 e. The van der Waals surface area contributed by atoms with Gasteiger partial charge in [-0.2, -0.15) is 0 Å². The molecular weight excluding hydrogens is 270 g/mol. The summed E-state index contributed by atoms with van der Waals surface area (Å²) in [6.07, 6.45) is 4.85. The van der Waals surface area contributed by atoms with Crippen molar-refractivity contribution in [2.24, 2.45) is 5.92 Å². The molecule has 2 nitrogen and oxygen atoms in total. The molecule has 0 saturated heterocycles. The maximum Gasteiger partial charge on any atom is 0.119 e. The Hall–Kier alpha value is -1.80. The predicted molar refractivity (Wildman–Crippen MR) is 91.4 cm³/mol. The number of nitrogens with one attached hydrogen (secondary N) is 1. The molecule has 0 bridgehead atoms. The van der Waals surface area contributed by atoms with Gasteiger partial charge in [0.25, 0.3) is 0 Å². The molecule has 116 valence electrons. The van der Waals surface area contributed by atoms with Crippen LogP contribution < -0.4 is 10.1 Å². The Bertz CT molecular complexity index is 564. The highest BCUT2D eigenvalue weighted by Crippen LogP contribution is 2.26. The Labute approximate surface area is 133 Å². The first-order valence-corrected chi connectivity index (χ1v) is 8.28. The number of rotatable bonds is 6. The number of ether oxygens (including phenoxy) is 1. The summed E-state index contributed by atoms with van der Waals surface area (Å²) in [5.74, 6) is 1.63. The highest BCUT2D eigenvalue weighted by molar-refractivity contribution is 5.31. The zero-order chi connectivity index (χ0) is 15.2. The summed E-state index contributed by atoms with van der Waals surface area (Å²) in [6, 6.07) is 19.7. The minimum Gasteiger partial charge on any atom is -0.493 e. The van der Waals surface area contributed by atoms with E-state index in [1.54, 1.807) is 0 Å². The van der Waals surface area contributed by atoms with Crippen molar-refractivity contribution >= 4 is 0 Å². The molecule has 0 aromatic heterocycles. The van der Waals surface area contributed by atoms with Crippen LogP contribution in [0.2, 0.25) is 0 Å². The summed E-state index contributed by atoms with van der Waals surface area (Å²) in [6.45, 7) is 0.823. The Kier molecular flexibility index (Phi) is 5.12. The minimum atomic E-state index is 0.623. The van der Waals surface area contributed by atoms with E-state index < -0.39 is 0 Å². The molecule has 0 spiro atoms. The van der Waals surface area contributed by atoms with Crippen molar-refractivity contribution in [1.29, 1.82) is 0 Å². The highest BCUT2D eigenvalue weighted by Gasteiger charge is 2.26. The van der Waals surface area contributed by atoms with Crippen LogP contribution in [-0.4, -0.2) is 19.7 Å². The quantitative estimate of drug-likeness (QED) is 0.868. The van der Waals surface area contributed by atoms with Crippen LogP contribution in [0, 0.1) is 5.92 Å². The molecule has 22 heavy (non-hydrogen) atoms. The Balaban J connectivity index is 1.53. The molecule has 2 aromatic carbocycles. The smallest absolute Gasteiger partial charge is 0.119 e. The molecular formula is C20H25NO. The molecule has 1 aliphatic rings. The van der Waals surface area contributed by atoms with Crippen LogP contribution in [0.5, 0.6) is 5.75 Å². The third-order valence-electron chi connectivity index (χ3n) is 4.67. The first-order chi connectivity index (χ1) is 10.8. The van der Waals surface area contributed by atoms with E-state index in [1.165, 1.54) is 30.4 Å². The van der Waals surface area contributed by atoms with Gasteiger partial charge in [0.15, 0.2) is 0 Å². The van der Waals surface area contributed by atoms with E-state index in [9.17, 15) is 0 Å². The van der Waals surface area contributed by atoms with E-state index in [-0.39, 0.29) is 0 Å². The van der Waals surface area contributed by atoms with Crippen LogP contribution in [0.25, 0.3) is 0 Å². The second kappa shape index (κ2) is 7.46. The highest BCUT2D eigenvalue weighted by atomic mass is 16.5. The zero-order valence-electron chi connectivity index (χ0n) is 13.3. The Morgan fingerprint density at radius 1 is 0.955 bits per heavy atom. The van der Waals surface area contributed by atoms with Crippen LogP contribution >= 0.6 is 0 Å². The molecule has 2 aromatic rings. The fourth-order valence-corrected chi connectivity index (χ4v) is 3.35. The van der Waals surface area contributed by atoms with Gasteiger partial charge in [-0.05, 0) is 49.6 Å². The van der Waals surface area contributed by atoms with E-state index in [0.717, 1.165) is 18.8 Å². The van der Waals surface area contributed by atoms with Gasteiger partial charge in [-0.15, -0.1) is 0 Å². The average Bonchev–Trinajstić information content (AvgIpc) is 3.03. The van der Waals surface area contributed by atoms with Crippen LogP contribution in [0.4, 0.5) is 0 Å². The second-order valence-corrected chi connectivity index (χ2v) is 6.20. The molecule has 0 amide bonds. The molecule has 1 fully saturated rings. The van der Waals surface area contributed by atoms with Gasteiger partial charge in [-0.1, -0.05) is 48.9 Å². The van der Waals surface area contributed by atoms with Gasteiger partial charge in [-0.25, -0.2) is 0 Å². The van der Waals surface area contributed by atoms with Gasteiger partial charge < -0.3 is 10.1 Å². The van der Waals surface area contributed by atoms with Crippen molar-refractivity contribution in [3.63, 3.8) is 0 Å². The number of hydrogen-bond acceptors (Lipinski definition) is 2. The molecule has 0 heterocycles. The predicted octanol–water partition coefficient (Wildman–Crippen LogP) is 4.04. The van der Waals surface area contributed by atoms with Crippen molar-refractivity contribution in [2.45, 2.75) is 31.7 Å².